The number of sulfonamides is 1. The predicted molar refractivity (Wildman–Crippen MR) is 106 cm³/mol. The highest BCUT2D eigenvalue weighted by Crippen LogP contribution is 2.28. The topological polar surface area (TPSA) is 108 Å². The summed E-state index contributed by atoms with van der Waals surface area (Å²) in [6, 6.07) is 18.8. The fourth-order valence-corrected chi connectivity index (χ4v) is 3.89. The van der Waals surface area contributed by atoms with Crippen molar-refractivity contribution in [1.82, 2.24) is 10.3 Å². The van der Waals surface area contributed by atoms with E-state index in [0.29, 0.717) is 5.56 Å². The summed E-state index contributed by atoms with van der Waals surface area (Å²) in [7, 11) is -3.86. The van der Waals surface area contributed by atoms with Crippen LogP contribution in [-0.4, -0.2) is 37.6 Å². The van der Waals surface area contributed by atoms with Gasteiger partial charge in [-0.15, -0.1) is 0 Å². The summed E-state index contributed by atoms with van der Waals surface area (Å²) in [6.07, 6.45) is 1.27. The van der Waals surface area contributed by atoms with Gasteiger partial charge >= 0.3 is 0 Å². The average molecular weight is 397 g/mol. The molecule has 0 atom stereocenters. The molecule has 3 rings (SSSR count). The van der Waals surface area contributed by atoms with Crippen molar-refractivity contribution in [3.05, 3.63) is 78.6 Å². The van der Waals surface area contributed by atoms with Crippen LogP contribution in [0.3, 0.4) is 0 Å². The fourth-order valence-electron chi connectivity index (χ4n) is 2.62. The Balaban J connectivity index is 1.84. The fraction of sp³-hybridized carbons (Fsp3) is 0.100. The highest BCUT2D eigenvalue weighted by Gasteiger charge is 2.19. The lowest BCUT2D eigenvalue weighted by Gasteiger charge is -2.12. The van der Waals surface area contributed by atoms with Gasteiger partial charge in [-0.05, 0) is 23.8 Å². The van der Waals surface area contributed by atoms with E-state index in [1.165, 1.54) is 24.4 Å². The summed E-state index contributed by atoms with van der Waals surface area (Å²) in [6.45, 7) is -0.0599. The van der Waals surface area contributed by atoms with Crippen LogP contribution in [0.15, 0.2) is 77.8 Å². The highest BCUT2D eigenvalue weighted by atomic mass is 32.2. The summed E-state index contributed by atoms with van der Waals surface area (Å²) in [4.78, 5) is 15.9. The van der Waals surface area contributed by atoms with E-state index in [1.54, 1.807) is 18.2 Å². The smallest absolute Gasteiger partial charge is 0.269 e. The molecule has 0 aliphatic rings. The van der Waals surface area contributed by atoms with E-state index in [0.717, 1.165) is 5.56 Å². The van der Waals surface area contributed by atoms with Crippen LogP contribution in [0.25, 0.3) is 11.1 Å². The van der Waals surface area contributed by atoms with Gasteiger partial charge in [0.15, 0.2) is 0 Å². The molecule has 0 unspecified atom stereocenters. The third kappa shape index (κ3) is 4.54. The number of benzene rings is 2. The van der Waals surface area contributed by atoms with Crippen molar-refractivity contribution in [3.63, 3.8) is 0 Å². The molecular formula is C20H19N3O4S. The number of nitrogens with one attached hydrogen (secondary N) is 2. The number of hydrogen-bond donors (Lipinski definition) is 3. The first-order valence-electron chi connectivity index (χ1n) is 8.53. The van der Waals surface area contributed by atoms with E-state index in [-0.39, 0.29) is 29.4 Å². The molecule has 1 heterocycles. The van der Waals surface area contributed by atoms with Crippen molar-refractivity contribution in [1.29, 1.82) is 0 Å². The zero-order valence-corrected chi connectivity index (χ0v) is 15.7. The summed E-state index contributed by atoms with van der Waals surface area (Å²) in [5.41, 5.74) is 1.74. The Kier molecular flexibility index (Phi) is 6.03. The molecule has 0 saturated carbocycles. The monoisotopic (exact) mass is 397 g/mol. The molecular weight excluding hydrogens is 378 g/mol. The van der Waals surface area contributed by atoms with Gasteiger partial charge in [-0.3, -0.25) is 9.52 Å². The number of rotatable bonds is 7. The van der Waals surface area contributed by atoms with Crippen LogP contribution in [0, 0.1) is 0 Å². The van der Waals surface area contributed by atoms with Crippen molar-refractivity contribution >= 4 is 21.6 Å². The van der Waals surface area contributed by atoms with Crippen molar-refractivity contribution in [2.45, 2.75) is 4.90 Å². The minimum atomic E-state index is -3.86. The maximum atomic E-state index is 12.9. The summed E-state index contributed by atoms with van der Waals surface area (Å²) < 4.78 is 28.3. The Morgan fingerprint density at radius 3 is 2.36 bits per heavy atom. The molecule has 1 aromatic heterocycles. The zero-order chi connectivity index (χ0) is 20.0. The first kappa shape index (κ1) is 19.5. The third-order valence-electron chi connectivity index (χ3n) is 3.91. The molecule has 3 aromatic rings. The van der Waals surface area contributed by atoms with Gasteiger partial charge in [0, 0.05) is 12.1 Å². The van der Waals surface area contributed by atoms with E-state index in [9.17, 15) is 13.2 Å². The minimum absolute atomic E-state index is 0.116. The Bertz CT molecular complexity index is 1050. The van der Waals surface area contributed by atoms with E-state index in [1.807, 2.05) is 30.3 Å². The number of hydrogen-bond acceptors (Lipinski definition) is 5. The molecule has 144 valence electrons. The van der Waals surface area contributed by atoms with Crippen LogP contribution in [0.4, 0.5) is 5.69 Å². The highest BCUT2D eigenvalue weighted by molar-refractivity contribution is 7.92. The Morgan fingerprint density at radius 1 is 0.964 bits per heavy atom. The molecule has 0 saturated heterocycles. The molecule has 0 fully saturated rings. The molecule has 0 bridgehead atoms. The van der Waals surface area contributed by atoms with E-state index in [2.05, 4.69) is 15.0 Å². The van der Waals surface area contributed by atoms with Gasteiger partial charge < -0.3 is 10.4 Å². The molecule has 2 aromatic carbocycles. The zero-order valence-electron chi connectivity index (χ0n) is 14.9. The largest absolute Gasteiger partial charge is 0.395 e. The van der Waals surface area contributed by atoms with Gasteiger partial charge in [0.25, 0.3) is 15.9 Å². The summed E-state index contributed by atoms with van der Waals surface area (Å²) in [5.74, 6) is -0.446. The Morgan fingerprint density at radius 2 is 1.68 bits per heavy atom. The van der Waals surface area contributed by atoms with Crippen LogP contribution in [0.2, 0.25) is 0 Å². The van der Waals surface area contributed by atoms with Crippen molar-refractivity contribution in [2.24, 2.45) is 0 Å². The van der Waals surface area contributed by atoms with Crippen molar-refractivity contribution in [3.8, 4) is 11.1 Å². The molecule has 0 aliphatic heterocycles. The minimum Gasteiger partial charge on any atom is -0.395 e. The normalized spacial score (nSPS) is 11.0. The number of carbonyl (C=O) groups is 1. The maximum Gasteiger partial charge on any atom is 0.269 e. The molecule has 1 amide bonds. The van der Waals surface area contributed by atoms with Crippen LogP contribution in [-0.2, 0) is 10.0 Å². The molecule has 7 nitrogen and oxygen atoms in total. The second-order valence-corrected chi connectivity index (χ2v) is 7.53. The first-order chi connectivity index (χ1) is 13.5. The van der Waals surface area contributed by atoms with Crippen molar-refractivity contribution in [2.75, 3.05) is 17.9 Å². The summed E-state index contributed by atoms with van der Waals surface area (Å²) in [5, 5.41) is 11.2. The number of aliphatic hydroxyl groups excluding tert-OH is 1. The second-order valence-electron chi connectivity index (χ2n) is 5.88. The molecule has 8 heteroatoms. The molecule has 0 radical (unpaired) electrons. The molecule has 0 aliphatic carbocycles. The van der Waals surface area contributed by atoms with E-state index >= 15 is 0 Å². The molecule has 28 heavy (non-hydrogen) atoms. The quantitative estimate of drug-likeness (QED) is 0.567. The number of aliphatic hydroxyl groups is 1. The van der Waals surface area contributed by atoms with Gasteiger partial charge in [-0.25, -0.2) is 13.4 Å². The standard InChI is InChI=1S/C20H19N3O4S/c24-13-12-21-20(25)18-11-10-16(14-22-18)23-28(26,27)19-9-5-4-8-17(19)15-6-2-1-3-7-15/h1-11,14,23-24H,12-13H2,(H,21,25). The number of aromatic nitrogens is 1. The van der Waals surface area contributed by atoms with Gasteiger partial charge in [0.2, 0.25) is 0 Å². The lowest BCUT2D eigenvalue weighted by atomic mass is 10.1. The summed E-state index contributed by atoms with van der Waals surface area (Å²) >= 11 is 0. The number of nitrogens with zero attached hydrogens (tertiary/aromatic N) is 1. The van der Waals surface area contributed by atoms with Gasteiger partial charge in [-0.2, -0.15) is 0 Å². The number of pyridine rings is 1. The third-order valence-corrected chi connectivity index (χ3v) is 5.35. The SMILES string of the molecule is O=C(NCCO)c1ccc(NS(=O)(=O)c2ccccc2-c2ccccc2)cn1. The van der Waals surface area contributed by atoms with Crippen LogP contribution in [0.1, 0.15) is 10.5 Å². The molecule has 0 spiro atoms. The second kappa shape index (κ2) is 8.64. The number of anilines is 1. The Labute approximate surface area is 163 Å². The first-order valence-corrected chi connectivity index (χ1v) is 10.0. The van der Waals surface area contributed by atoms with Gasteiger partial charge in [-0.1, -0.05) is 48.5 Å². The van der Waals surface area contributed by atoms with Crippen molar-refractivity contribution < 1.29 is 18.3 Å². The molecule has 3 N–H and O–H groups in total. The predicted octanol–water partition coefficient (Wildman–Crippen LogP) is 2.27. The Hall–Kier alpha value is -3.23. The van der Waals surface area contributed by atoms with E-state index in [4.69, 9.17) is 5.11 Å². The number of amides is 1. The number of carbonyl (C=O) groups excluding carboxylic acids is 1. The lowest BCUT2D eigenvalue weighted by molar-refractivity contribution is 0.0940. The van der Waals surface area contributed by atoms with Crippen LogP contribution in [0.5, 0.6) is 0 Å². The van der Waals surface area contributed by atoms with Gasteiger partial charge in [0.05, 0.1) is 23.4 Å². The van der Waals surface area contributed by atoms with Crippen LogP contribution < -0.4 is 10.0 Å². The average Bonchev–Trinajstić information content (AvgIpc) is 2.73. The van der Waals surface area contributed by atoms with E-state index < -0.39 is 15.9 Å². The van der Waals surface area contributed by atoms with Gasteiger partial charge in [0.1, 0.15) is 5.69 Å². The lowest BCUT2D eigenvalue weighted by Crippen LogP contribution is -2.27. The van der Waals surface area contributed by atoms with Crippen LogP contribution >= 0.6 is 0 Å². The maximum absolute atomic E-state index is 12.9.